The summed E-state index contributed by atoms with van der Waals surface area (Å²) in [7, 11) is 0. The van der Waals surface area contributed by atoms with Crippen LogP contribution in [0.15, 0.2) is 36.9 Å². The van der Waals surface area contributed by atoms with Crippen LogP contribution in [0.1, 0.15) is 31.7 Å². The van der Waals surface area contributed by atoms with Crippen molar-refractivity contribution in [3.63, 3.8) is 0 Å². The Morgan fingerprint density at radius 3 is 3.00 bits per heavy atom. The molecule has 3 aromatic rings. The van der Waals surface area contributed by atoms with E-state index >= 15 is 0 Å². The highest BCUT2D eigenvalue weighted by molar-refractivity contribution is 5.92. The van der Waals surface area contributed by atoms with Gasteiger partial charge in [-0.2, -0.15) is 5.10 Å². The Labute approximate surface area is 111 Å². The number of hydrogen-bond donors (Lipinski definition) is 1. The van der Waals surface area contributed by atoms with Gasteiger partial charge < -0.3 is 4.98 Å². The van der Waals surface area contributed by atoms with Crippen molar-refractivity contribution in [1.82, 2.24) is 19.7 Å². The summed E-state index contributed by atoms with van der Waals surface area (Å²) in [4.78, 5) is 7.48. The van der Waals surface area contributed by atoms with Crippen molar-refractivity contribution in [3.05, 3.63) is 36.9 Å². The van der Waals surface area contributed by atoms with Crippen LogP contribution in [-0.4, -0.2) is 19.7 Å². The van der Waals surface area contributed by atoms with Crippen molar-refractivity contribution >= 4 is 11.0 Å². The van der Waals surface area contributed by atoms with Crippen molar-refractivity contribution in [2.45, 2.75) is 31.7 Å². The molecule has 4 nitrogen and oxygen atoms in total. The third-order valence-electron chi connectivity index (χ3n) is 4.07. The van der Waals surface area contributed by atoms with Crippen molar-refractivity contribution in [3.8, 4) is 11.1 Å². The second-order valence-electron chi connectivity index (χ2n) is 5.25. The normalized spacial score (nSPS) is 16.4. The molecule has 1 saturated carbocycles. The van der Waals surface area contributed by atoms with Crippen LogP contribution < -0.4 is 0 Å². The summed E-state index contributed by atoms with van der Waals surface area (Å²) in [6, 6.07) is 4.73. The molecule has 0 spiro atoms. The van der Waals surface area contributed by atoms with E-state index in [2.05, 4.69) is 38.1 Å². The zero-order valence-corrected chi connectivity index (χ0v) is 10.7. The number of nitrogens with one attached hydrogen (secondary N) is 1. The maximum absolute atomic E-state index is 4.55. The molecule has 0 aliphatic heterocycles. The van der Waals surface area contributed by atoms with Gasteiger partial charge in [-0.05, 0) is 30.5 Å². The van der Waals surface area contributed by atoms with Crippen LogP contribution in [0, 0.1) is 0 Å². The summed E-state index contributed by atoms with van der Waals surface area (Å²) in [6.07, 6.45) is 13.1. The van der Waals surface area contributed by atoms with Crippen LogP contribution in [0.2, 0.25) is 0 Å². The van der Waals surface area contributed by atoms with Crippen LogP contribution in [0.25, 0.3) is 22.2 Å². The Balaban J connectivity index is 1.77. The number of nitrogens with zero attached hydrogens (tertiary/aromatic N) is 3. The highest BCUT2D eigenvalue weighted by atomic mass is 15.3. The molecule has 0 radical (unpaired) electrons. The van der Waals surface area contributed by atoms with Crippen LogP contribution >= 0.6 is 0 Å². The summed E-state index contributed by atoms with van der Waals surface area (Å²) < 4.78 is 2.14. The lowest BCUT2D eigenvalue weighted by atomic mass is 10.1. The summed E-state index contributed by atoms with van der Waals surface area (Å²) in [5, 5.41) is 5.71. The average Bonchev–Trinajstić information content (AvgIpc) is 3.18. The van der Waals surface area contributed by atoms with Crippen molar-refractivity contribution < 1.29 is 0 Å². The van der Waals surface area contributed by atoms with Gasteiger partial charge in [0.25, 0.3) is 0 Å². The number of hydrogen-bond acceptors (Lipinski definition) is 2. The first-order valence-corrected chi connectivity index (χ1v) is 6.88. The Bertz CT molecular complexity index is 704. The third-order valence-corrected chi connectivity index (χ3v) is 4.07. The standard InChI is InChI=1S/C15H16N4/c1-2-4-12(3-1)19-10-11(9-18-19)13-5-7-16-15-14(13)6-8-17-15/h5-10,12H,1-4H2,(H,16,17). The monoisotopic (exact) mass is 252 g/mol. The van der Waals surface area contributed by atoms with Gasteiger partial charge in [0.2, 0.25) is 0 Å². The molecule has 1 N–H and O–H groups in total. The van der Waals surface area contributed by atoms with Crippen molar-refractivity contribution in [1.29, 1.82) is 0 Å². The largest absolute Gasteiger partial charge is 0.346 e. The molecule has 0 aromatic carbocycles. The average molecular weight is 252 g/mol. The first-order chi connectivity index (χ1) is 9.42. The third kappa shape index (κ3) is 1.75. The topological polar surface area (TPSA) is 46.5 Å². The molecule has 1 fully saturated rings. The second-order valence-corrected chi connectivity index (χ2v) is 5.25. The van der Waals surface area contributed by atoms with Gasteiger partial charge in [0.1, 0.15) is 5.65 Å². The lowest BCUT2D eigenvalue weighted by Gasteiger charge is -2.08. The minimum atomic E-state index is 0.595. The molecule has 0 atom stereocenters. The maximum Gasteiger partial charge on any atom is 0.137 e. The van der Waals surface area contributed by atoms with Crippen LogP contribution in [-0.2, 0) is 0 Å². The van der Waals surface area contributed by atoms with Gasteiger partial charge in [-0.25, -0.2) is 4.98 Å². The smallest absolute Gasteiger partial charge is 0.137 e. The molecule has 1 aliphatic carbocycles. The quantitative estimate of drug-likeness (QED) is 0.758. The fraction of sp³-hybridized carbons (Fsp3) is 0.333. The van der Waals surface area contributed by atoms with E-state index in [0.29, 0.717) is 6.04 Å². The summed E-state index contributed by atoms with van der Waals surface area (Å²) >= 11 is 0. The summed E-state index contributed by atoms with van der Waals surface area (Å²) in [5.74, 6) is 0. The van der Waals surface area contributed by atoms with E-state index in [0.717, 1.165) is 11.0 Å². The van der Waals surface area contributed by atoms with E-state index in [-0.39, 0.29) is 0 Å². The predicted molar refractivity (Wildman–Crippen MR) is 74.8 cm³/mol. The van der Waals surface area contributed by atoms with Gasteiger partial charge in [-0.15, -0.1) is 0 Å². The molecule has 96 valence electrons. The minimum Gasteiger partial charge on any atom is -0.346 e. The first-order valence-electron chi connectivity index (χ1n) is 6.88. The van der Waals surface area contributed by atoms with E-state index in [4.69, 9.17) is 0 Å². The van der Waals surface area contributed by atoms with Crippen molar-refractivity contribution in [2.75, 3.05) is 0 Å². The molecular formula is C15H16N4. The fourth-order valence-electron chi connectivity index (χ4n) is 3.06. The number of aromatic amines is 1. The van der Waals surface area contributed by atoms with Gasteiger partial charge in [-0.3, -0.25) is 4.68 Å². The molecule has 19 heavy (non-hydrogen) atoms. The van der Waals surface area contributed by atoms with Gasteiger partial charge in [0.05, 0.1) is 12.2 Å². The maximum atomic E-state index is 4.55. The lowest BCUT2D eigenvalue weighted by Crippen LogP contribution is -2.04. The predicted octanol–water partition coefficient (Wildman–Crippen LogP) is 3.54. The molecule has 0 bridgehead atoms. The molecule has 3 aromatic heterocycles. The molecule has 0 saturated heterocycles. The second kappa shape index (κ2) is 4.23. The zero-order valence-electron chi connectivity index (χ0n) is 10.7. The molecule has 4 rings (SSSR count). The van der Waals surface area contributed by atoms with Gasteiger partial charge in [0, 0.05) is 29.5 Å². The summed E-state index contributed by atoms with van der Waals surface area (Å²) in [5.41, 5.74) is 3.32. The number of fused-ring (bicyclic) bond motifs is 1. The Morgan fingerprint density at radius 1 is 1.21 bits per heavy atom. The molecule has 0 unspecified atom stereocenters. The molecule has 4 heteroatoms. The van der Waals surface area contributed by atoms with E-state index < -0.39 is 0 Å². The number of rotatable bonds is 2. The van der Waals surface area contributed by atoms with Crippen molar-refractivity contribution in [2.24, 2.45) is 0 Å². The number of aromatic nitrogens is 4. The van der Waals surface area contributed by atoms with Gasteiger partial charge >= 0.3 is 0 Å². The molecular weight excluding hydrogens is 236 g/mol. The lowest BCUT2D eigenvalue weighted by molar-refractivity contribution is 0.467. The van der Waals surface area contributed by atoms with Crippen LogP contribution in [0.5, 0.6) is 0 Å². The first kappa shape index (κ1) is 10.8. The van der Waals surface area contributed by atoms with Gasteiger partial charge in [0.15, 0.2) is 0 Å². The highest BCUT2D eigenvalue weighted by Crippen LogP contribution is 2.32. The minimum absolute atomic E-state index is 0.595. The Hall–Kier alpha value is -2.10. The highest BCUT2D eigenvalue weighted by Gasteiger charge is 2.18. The van der Waals surface area contributed by atoms with E-state index in [1.807, 2.05) is 18.6 Å². The van der Waals surface area contributed by atoms with E-state index in [1.165, 1.54) is 36.8 Å². The molecule has 1 aliphatic rings. The van der Waals surface area contributed by atoms with E-state index in [9.17, 15) is 0 Å². The number of pyridine rings is 1. The van der Waals surface area contributed by atoms with Crippen LogP contribution in [0.3, 0.4) is 0 Å². The van der Waals surface area contributed by atoms with Crippen LogP contribution in [0.4, 0.5) is 0 Å². The SMILES string of the molecule is c1cc(-c2cnn(C3CCCC3)c2)c2cc[nH]c2n1. The summed E-state index contributed by atoms with van der Waals surface area (Å²) in [6.45, 7) is 0. The Kier molecular flexibility index (Phi) is 2.40. The number of H-pyrrole nitrogens is 1. The fourth-order valence-corrected chi connectivity index (χ4v) is 3.06. The van der Waals surface area contributed by atoms with Gasteiger partial charge in [-0.1, -0.05) is 12.8 Å². The zero-order chi connectivity index (χ0) is 12.7. The molecule has 3 heterocycles. The van der Waals surface area contributed by atoms with E-state index in [1.54, 1.807) is 0 Å². The molecule has 0 amide bonds. The Morgan fingerprint density at radius 2 is 2.11 bits per heavy atom.